The molecule has 1 saturated heterocycles. The molecule has 3 aliphatic heterocycles. The van der Waals surface area contributed by atoms with Crippen molar-refractivity contribution in [2.45, 2.75) is 12.6 Å². The highest BCUT2D eigenvalue weighted by Crippen LogP contribution is 2.42. The van der Waals surface area contributed by atoms with E-state index in [1.807, 2.05) is 42.6 Å². The molecule has 3 aliphatic rings. The second-order valence-corrected chi connectivity index (χ2v) is 9.27. The van der Waals surface area contributed by atoms with Crippen molar-refractivity contribution in [1.82, 2.24) is 29.8 Å². The number of carbonyl (C=O) groups excluding carboxylic acids is 1. The van der Waals surface area contributed by atoms with E-state index in [1.165, 1.54) is 0 Å². The first-order chi connectivity index (χ1) is 16.5. The Hall–Kier alpha value is -3.56. The van der Waals surface area contributed by atoms with Crippen molar-refractivity contribution in [3.63, 3.8) is 0 Å². The number of carbonyl (C=O) groups is 1. The highest BCUT2D eigenvalue weighted by molar-refractivity contribution is 5.98. The van der Waals surface area contributed by atoms with Gasteiger partial charge in [-0.1, -0.05) is 0 Å². The van der Waals surface area contributed by atoms with Gasteiger partial charge in [-0.2, -0.15) is 0 Å². The molecule has 2 N–H and O–H groups in total. The quantitative estimate of drug-likeness (QED) is 0.627. The second-order valence-electron chi connectivity index (χ2n) is 9.27. The Labute approximate surface area is 198 Å². The number of aromatic amines is 1. The maximum Gasteiger partial charge on any atom is 0.242 e. The number of ether oxygens (including phenoxy) is 1. The number of benzene rings is 1. The fraction of sp³-hybridized carbons (Fsp3) is 0.360. The molecule has 1 unspecified atom stereocenters. The van der Waals surface area contributed by atoms with Gasteiger partial charge < -0.3 is 29.5 Å². The van der Waals surface area contributed by atoms with E-state index in [-0.39, 0.29) is 11.9 Å². The third-order valence-corrected chi connectivity index (χ3v) is 7.14. The number of aliphatic imine (C=N–C) groups is 1. The van der Waals surface area contributed by atoms with Crippen molar-refractivity contribution in [2.75, 3.05) is 47.4 Å². The molecule has 5 heterocycles. The van der Waals surface area contributed by atoms with Crippen LogP contribution < -0.4 is 10.2 Å². The van der Waals surface area contributed by atoms with Crippen LogP contribution >= 0.6 is 0 Å². The van der Waals surface area contributed by atoms with E-state index >= 15 is 0 Å². The number of piperazine rings is 1. The predicted molar refractivity (Wildman–Crippen MR) is 132 cm³/mol. The summed E-state index contributed by atoms with van der Waals surface area (Å²) in [5.41, 5.74) is 8.55. The van der Waals surface area contributed by atoms with Crippen LogP contribution in [0, 0.1) is 0 Å². The van der Waals surface area contributed by atoms with Gasteiger partial charge in [0.25, 0.3) is 0 Å². The average Bonchev–Trinajstić information content (AvgIpc) is 3.54. The molecule has 3 aromatic rings. The summed E-state index contributed by atoms with van der Waals surface area (Å²) in [6.07, 6.45) is 5.97. The number of methoxy groups -OCH3 is 1. The number of likely N-dealkylation sites (N-methyl/N-ethyl adjacent to an activating group) is 2. The molecule has 6 rings (SSSR count). The monoisotopic (exact) mass is 459 g/mol. The van der Waals surface area contributed by atoms with Gasteiger partial charge in [0.15, 0.2) is 0 Å². The SMILES string of the molecule is COc1ccc2c(c1)c(-c1cc3c([nH]1)N=CC1=CNN(C)C13)cn2CC(=O)N1CCN(C)CC1. The predicted octanol–water partition coefficient (Wildman–Crippen LogP) is 2.51. The molecule has 0 bridgehead atoms. The van der Waals surface area contributed by atoms with Crippen molar-refractivity contribution in [1.29, 1.82) is 0 Å². The third-order valence-electron chi connectivity index (χ3n) is 7.14. The van der Waals surface area contributed by atoms with E-state index < -0.39 is 0 Å². The van der Waals surface area contributed by atoms with Crippen LogP contribution in [0.4, 0.5) is 5.82 Å². The lowest BCUT2D eigenvalue weighted by atomic mass is 10.00. The Morgan fingerprint density at radius 2 is 2.00 bits per heavy atom. The Bertz CT molecular complexity index is 1330. The number of hydrogen-bond donors (Lipinski definition) is 2. The van der Waals surface area contributed by atoms with Crippen LogP contribution in [0.2, 0.25) is 0 Å². The topological polar surface area (TPSA) is 81.1 Å². The largest absolute Gasteiger partial charge is 0.497 e. The molecule has 1 atom stereocenters. The van der Waals surface area contributed by atoms with Crippen molar-refractivity contribution in [2.24, 2.45) is 4.99 Å². The molecule has 9 heteroatoms. The number of nitrogens with one attached hydrogen (secondary N) is 2. The van der Waals surface area contributed by atoms with Gasteiger partial charge in [-0.05, 0) is 31.3 Å². The zero-order chi connectivity index (χ0) is 23.4. The van der Waals surface area contributed by atoms with Crippen LogP contribution in [0.25, 0.3) is 22.2 Å². The van der Waals surface area contributed by atoms with Crippen molar-refractivity contribution < 1.29 is 9.53 Å². The van der Waals surface area contributed by atoms with Crippen LogP contribution in [-0.4, -0.2) is 83.9 Å². The summed E-state index contributed by atoms with van der Waals surface area (Å²) < 4.78 is 7.57. The van der Waals surface area contributed by atoms with Crippen LogP contribution in [0.3, 0.4) is 0 Å². The van der Waals surface area contributed by atoms with Crippen LogP contribution in [0.5, 0.6) is 5.75 Å². The van der Waals surface area contributed by atoms with Crippen molar-refractivity contribution in [3.8, 4) is 17.0 Å². The Morgan fingerprint density at radius 3 is 2.79 bits per heavy atom. The lowest BCUT2D eigenvalue weighted by Gasteiger charge is -2.32. The van der Waals surface area contributed by atoms with Crippen LogP contribution in [0.1, 0.15) is 11.6 Å². The number of amides is 1. The molecule has 1 aromatic carbocycles. The van der Waals surface area contributed by atoms with Crippen LogP contribution in [-0.2, 0) is 11.3 Å². The van der Waals surface area contributed by atoms with Crippen molar-refractivity contribution in [3.05, 3.63) is 47.8 Å². The van der Waals surface area contributed by atoms with Gasteiger partial charge in [-0.15, -0.1) is 0 Å². The molecule has 2 aromatic heterocycles. The minimum atomic E-state index is 0.124. The summed E-state index contributed by atoms with van der Waals surface area (Å²) >= 11 is 0. The molecule has 176 valence electrons. The number of hydrazine groups is 1. The number of hydrogen-bond acceptors (Lipinski definition) is 6. The zero-order valence-electron chi connectivity index (χ0n) is 19.7. The van der Waals surface area contributed by atoms with Crippen molar-refractivity contribution >= 4 is 28.8 Å². The average molecular weight is 460 g/mol. The lowest BCUT2D eigenvalue weighted by molar-refractivity contribution is -0.133. The van der Waals surface area contributed by atoms with Gasteiger partial charge in [-0.25, -0.2) is 10.0 Å². The minimum Gasteiger partial charge on any atom is -0.497 e. The van der Waals surface area contributed by atoms with Gasteiger partial charge in [0.1, 0.15) is 18.1 Å². The van der Waals surface area contributed by atoms with E-state index in [2.05, 4.69) is 49.2 Å². The highest BCUT2D eigenvalue weighted by atomic mass is 16.5. The summed E-state index contributed by atoms with van der Waals surface area (Å²) in [5, 5.41) is 3.12. The fourth-order valence-corrected chi connectivity index (χ4v) is 5.16. The van der Waals surface area contributed by atoms with E-state index in [9.17, 15) is 4.79 Å². The Morgan fingerprint density at radius 1 is 1.18 bits per heavy atom. The smallest absolute Gasteiger partial charge is 0.242 e. The number of rotatable bonds is 4. The summed E-state index contributed by atoms with van der Waals surface area (Å²) in [4.78, 5) is 25.5. The maximum atomic E-state index is 13.1. The summed E-state index contributed by atoms with van der Waals surface area (Å²) in [6, 6.07) is 8.32. The van der Waals surface area contributed by atoms with Gasteiger partial charge in [0, 0.05) is 85.1 Å². The molecule has 0 aliphatic carbocycles. The second kappa shape index (κ2) is 8.03. The maximum absolute atomic E-state index is 13.1. The molecule has 34 heavy (non-hydrogen) atoms. The molecule has 0 saturated carbocycles. The van der Waals surface area contributed by atoms with E-state index in [0.29, 0.717) is 6.54 Å². The molecule has 9 nitrogen and oxygen atoms in total. The summed E-state index contributed by atoms with van der Waals surface area (Å²) in [6.45, 7) is 3.68. The molecular formula is C25H29N7O2. The fourth-order valence-electron chi connectivity index (χ4n) is 5.16. The normalized spacial score (nSPS) is 20.3. The van der Waals surface area contributed by atoms with E-state index in [0.717, 1.165) is 71.0 Å². The first kappa shape index (κ1) is 21.0. The first-order valence-corrected chi connectivity index (χ1v) is 11.6. The van der Waals surface area contributed by atoms with Gasteiger partial charge in [0.05, 0.1) is 13.2 Å². The lowest BCUT2D eigenvalue weighted by Crippen LogP contribution is -2.48. The number of H-pyrrole nitrogens is 1. The molecule has 1 fully saturated rings. The molecule has 0 spiro atoms. The number of fused-ring (bicyclic) bond motifs is 4. The Balaban J connectivity index is 1.39. The van der Waals surface area contributed by atoms with E-state index in [4.69, 9.17) is 4.74 Å². The highest BCUT2D eigenvalue weighted by Gasteiger charge is 2.32. The standard InChI is InChI=1S/C25H29N7O2/c1-29-6-8-31(9-7-29)23(33)15-32-14-20(18-10-17(34-3)4-5-22(18)32)21-11-19-24-16(13-27-30(24)2)12-26-25(19)28-21/h4-5,10-14,24,27-28H,6-9,15H2,1-3H3. The molecular weight excluding hydrogens is 430 g/mol. The number of aromatic nitrogens is 2. The molecule has 0 radical (unpaired) electrons. The zero-order valence-corrected chi connectivity index (χ0v) is 19.7. The van der Waals surface area contributed by atoms with Gasteiger partial charge in [0.2, 0.25) is 5.91 Å². The molecule has 1 amide bonds. The number of nitrogens with zero attached hydrogens (tertiary/aromatic N) is 5. The third kappa shape index (κ3) is 3.39. The summed E-state index contributed by atoms with van der Waals surface area (Å²) in [5.74, 6) is 1.80. The van der Waals surface area contributed by atoms with Gasteiger partial charge >= 0.3 is 0 Å². The van der Waals surface area contributed by atoms with E-state index in [1.54, 1.807) is 7.11 Å². The Kier molecular flexibility index (Phi) is 4.96. The minimum absolute atomic E-state index is 0.124. The van der Waals surface area contributed by atoms with Gasteiger partial charge in [-0.3, -0.25) is 4.79 Å². The van der Waals surface area contributed by atoms with Crippen LogP contribution in [0.15, 0.2) is 47.2 Å². The first-order valence-electron chi connectivity index (χ1n) is 11.6. The summed E-state index contributed by atoms with van der Waals surface area (Å²) in [7, 11) is 5.80.